The molecule has 0 radical (unpaired) electrons. The number of rotatable bonds is 9. The second-order valence-corrected chi connectivity index (χ2v) is 22.5. The zero-order valence-corrected chi connectivity index (χ0v) is 42.5. The number of aryl methyl sites for hydroxylation is 1. The van der Waals surface area contributed by atoms with Crippen molar-refractivity contribution in [2.24, 2.45) is 0 Å². The van der Waals surface area contributed by atoms with E-state index in [0.29, 0.717) is 68.1 Å². The molecule has 0 spiro atoms. The Kier molecular flexibility index (Phi) is 12.7. The first-order chi connectivity index (χ1) is 30.3. The molecule has 0 fully saturated rings. The number of methoxy groups -OCH3 is 4. The summed E-state index contributed by atoms with van der Waals surface area (Å²) in [6.45, 7) is 27.3. The molecule has 1 aliphatic heterocycles. The van der Waals surface area contributed by atoms with Gasteiger partial charge in [-0.1, -0.05) is 94.7 Å². The van der Waals surface area contributed by atoms with Crippen molar-refractivity contribution >= 4 is 44.8 Å². The average molecular weight is 925 g/mol. The molecular weight excluding hydrogens is 863 g/mol. The normalized spacial score (nSPS) is 14.4. The van der Waals surface area contributed by atoms with E-state index < -0.39 is 33.6 Å². The van der Waals surface area contributed by atoms with Gasteiger partial charge in [0.05, 0.1) is 28.4 Å². The minimum atomic E-state index is -2.28. The molecule has 1 aliphatic rings. The number of hydrogen-bond acceptors (Lipinski definition) is 11. The van der Waals surface area contributed by atoms with Crippen LogP contribution in [0, 0.1) is 6.92 Å². The molecule has 11 nitrogen and oxygen atoms in total. The van der Waals surface area contributed by atoms with Gasteiger partial charge < -0.3 is 45.4 Å². The summed E-state index contributed by atoms with van der Waals surface area (Å²) >= 11 is 0. The van der Waals surface area contributed by atoms with E-state index in [4.69, 9.17) is 45.4 Å². The molecule has 6 aromatic rings. The lowest BCUT2D eigenvalue weighted by Gasteiger charge is -2.30. The summed E-state index contributed by atoms with van der Waals surface area (Å²) in [5, 5.41) is 1.57. The van der Waals surface area contributed by atoms with Crippen LogP contribution in [0.15, 0.2) is 75.1 Å². The Hall–Kier alpha value is -5.50. The average Bonchev–Trinajstić information content (AvgIpc) is 3.37. The van der Waals surface area contributed by atoms with Crippen LogP contribution in [0.25, 0.3) is 33.1 Å². The summed E-state index contributed by atoms with van der Waals surface area (Å²) < 4.78 is 64.5. The maximum absolute atomic E-state index is 13.5. The van der Waals surface area contributed by atoms with Crippen molar-refractivity contribution in [1.29, 1.82) is 0 Å². The molecule has 0 aliphatic carbocycles. The molecule has 0 saturated carbocycles. The third kappa shape index (κ3) is 9.60. The summed E-state index contributed by atoms with van der Waals surface area (Å²) in [5.41, 5.74) is 5.25. The molecule has 65 heavy (non-hydrogen) atoms. The molecular formula is C52H62O11P2. The van der Waals surface area contributed by atoms with Crippen LogP contribution in [0.2, 0.25) is 0 Å². The SMILES string of the molecule is COc1cc(-c2cc(OC)cc(C(C)(C)C)c2Op2oc3c(C(C)(C)C)cc(OC)cc3c3cc(OC)cc(C(C)(C)C)c3o2)c(OP2OC(=O)c3cc(C)ccc3O2)c(C(C)(C)C)c1. The summed E-state index contributed by atoms with van der Waals surface area (Å²) in [5.74, 6) is 3.25. The number of carbonyl (C=O) groups is 1. The van der Waals surface area contributed by atoms with Crippen molar-refractivity contribution in [3.63, 3.8) is 0 Å². The zero-order chi connectivity index (χ0) is 47.6. The van der Waals surface area contributed by atoms with Crippen LogP contribution in [-0.2, 0) is 26.2 Å². The lowest BCUT2D eigenvalue weighted by atomic mass is 9.81. The number of hydrogen-bond donors (Lipinski definition) is 0. The first kappa shape index (κ1) is 47.5. The highest BCUT2D eigenvalue weighted by Gasteiger charge is 2.37. The molecule has 1 aromatic heterocycles. The lowest BCUT2D eigenvalue weighted by Crippen LogP contribution is -2.18. The van der Waals surface area contributed by atoms with Crippen molar-refractivity contribution in [2.45, 2.75) is 112 Å². The van der Waals surface area contributed by atoms with E-state index in [9.17, 15) is 4.79 Å². The van der Waals surface area contributed by atoms with Crippen molar-refractivity contribution in [2.75, 3.05) is 28.4 Å². The highest BCUT2D eigenvalue weighted by molar-refractivity contribution is 7.43. The summed E-state index contributed by atoms with van der Waals surface area (Å²) in [4.78, 5) is 13.5. The lowest BCUT2D eigenvalue weighted by molar-refractivity contribution is 0.0697. The molecule has 13 heteroatoms. The molecule has 0 amide bonds. The van der Waals surface area contributed by atoms with Crippen molar-refractivity contribution in [3.05, 3.63) is 100 Å². The fourth-order valence-electron chi connectivity index (χ4n) is 7.79. The van der Waals surface area contributed by atoms with Gasteiger partial charge in [0, 0.05) is 44.2 Å². The highest BCUT2D eigenvalue weighted by atomic mass is 31.2. The molecule has 1 atom stereocenters. The predicted octanol–water partition coefficient (Wildman–Crippen LogP) is 15.2. The van der Waals surface area contributed by atoms with E-state index in [-0.39, 0.29) is 10.8 Å². The fourth-order valence-corrected chi connectivity index (χ4v) is 9.95. The van der Waals surface area contributed by atoms with E-state index in [1.54, 1.807) is 40.6 Å². The Labute approximate surface area is 385 Å². The van der Waals surface area contributed by atoms with Crippen LogP contribution < -0.4 is 32.5 Å². The number of fused-ring (bicyclic) bond motifs is 4. The second-order valence-electron chi connectivity index (χ2n) is 20.5. The summed E-state index contributed by atoms with van der Waals surface area (Å²) in [6.07, 6.45) is 0. The van der Waals surface area contributed by atoms with E-state index >= 15 is 0 Å². The van der Waals surface area contributed by atoms with E-state index in [1.807, 2.05) is 61.5 Å². The zero-order valence-electron chi connectivity index (χ0n) is 40.7. The topological polar surface area (TPSA) is 117 Å². The Balaban J connectivity index is 1.59. The molecule has 5 aromatic carbocycles. The smallest absolute Gasteiger partial charge is 0.497 e. The number of carbonyl (C=O) groups excluding carboxylic acids is 1. The standard InChI is InChI=1S/C52H62O11P2/c1-29-18-19-43-38(20-29)48(53)63-64(58-43)59-44-34(21-30(54-14)25-39(44)49(2,3)4)35-22-31(55-15)26-40(50(5,6)7)45(35)60-65-61-46-36(23-32(56-16)27-41(46)51(8,9)10)37-24-33(57-17)28-42(47(37)62-65)52(11,12)13/h18-28H,1-17H3. The first-order valence-electron chi connectivity index (χ1n) is 21.6. The van der Waals surface area contributed by atoms with Gasteiger partial charge in [-0.2, -0.15) is 0 Å². The Morgan fingerprint density at radius 1 is 0.462 bits per heavy atom. The number of benzene rings is 5. The Bertz CT molecular complexity index is 2770. The van der Waals surface area contributed by atoms with Crippen LogP contribution in [0.1, 0.15) is 121 Å². The highest BCUT2D eigenvalue weighted by Crippen LogP contribution is 2.56. The van der Waals surface area contributed by atoms with Gasteiger partial charge in [0.1, 0.15) is 57.0 Å². The third-order valence-corrected chi connectivity index (χ3v) is 13.3. The van der Waals surface area contributed by atoms with Crippen molar-refractivity contribution in [1.82, 2.24) is 0 Å². The van der Waals surface area contributed by atoms with Crippen LogP contribution in [0.3, 0.4) is 0 Å². The molecule has 7 rings (SSSR count). The Morgan fingerprint density at radius 2 is 0.862 bits per heavy atom. The van der Waals surface area contributed by atoms with Crippen molar-refractivity contribution < 1.29 is 50.2 Å². The van der Waals surface area contributed by atoms with E-state index in [0.717, 1.165) is 38.6 Å². The minimum Gasteiger partial charge on any atom is -0.497 e. The number of ether oxygens (including phenoxy) is 4. The molecule has 1 unspecified atom stereocenters. The molecule has 0 bridgehead atoms. The molecule has 0 N–H and O–H groups in total. The maximum atomic E-state index is 13.5. The van der Waals surface area contributed by atoms with Gasteiger partial charge in [0.25, 0.3) is 0 Å². The first-order valence-corrected chi connectivity index (χ1v) is 23.8. The maximum Gasteiger partial charge on any atom is 0.532 e. The summed E-state index contributed by atoms with van der Waals surface area (Å²) in [7, 11) is 2.05. The van der Waals surface area contributed by atoms with Gasteiger partial charge in [-0.3, -0.25) is 0 Å². The van der Waals surface area contributed by atoms with Gasteiger partial charge in [0.2, 0.25) is 0 Å². The quantitative estimate of drug-likeness (QED) is 0.129. The third-order valence-electron chi connectivity index (χ3n) is 11.4. The van der Waals surface area contributed by atoms with Crippen LogP contribution in [0.4, 0.5) is 0 Å². The van der Waals surface area contributed by atoms with E-state index in [2.05, 4.69) is 83.1 Å². The fraction of sp³-hybridized carbons (Fsp3) is 0.404. The van der Waals surface area contributed by atoms with Crippen LogP contribution in [0.5, 0.6) is 40.2 Å². The van der Waals surface area contributed by atoms with Crippen molar-refractivity contribution in [3.8, 4) is 51.4 Å². The monoisotopic (exact) mass is 924 g/mol. The van der Waals surface area contributed by atoms with Gasteiger partial charge >= 0.3 is 22.8 Å². The predicted molar refractivity (Wildman–Crippen MR) is 260 cm³/mol. The van der Waals surface area contributed by atoms with Crippen LogP contribution >= 0.6 is 16.8 Å². The van der Waals surface area contributed by atoms with E-state index in [1.165, 1.54) is 0 Å². The largest absolute Gasteiger partial charge is 0.532 e. The Morgan fingerprint density at radius 3 is 1.28 bits per heavy atom. The second kappa shape index (κ2) is 17.4. The van der Waals surface area contributed by atoms with Gasteiger partial charge in [0.15, 0.2) is 0 Å². The van der Waals surface area contributed by atoms with Gasteiger partial charge in [-0.25, -0.2) is 4.79 Å². The summed E-state index contributed by atoms with van der Waals surface area (Å²) in [6, 6.07) is 21.1. The van der Waals surface area contributed by atoms with Gasteiger partial charge in [-0.15, -0.1) is 0 Å². The molecule has 0 saturated heterocycles. The van der Waals surface area contributed by atoms with Gasteiger partial charge in [-0.05, 0) is 89.2 Å². The minimum absolute atomic E-state index is 0.339. The molecule has 2 heterocycles. The molecule has 346 valence electrons. The van der Waals surface area contributed by atoms with Crippen LogP contribution in [-0.4, -0.2) is 34.4 Å².